The van der Waals surface area contributed by atoms with Crippen LogP contribution >= 0.6 is 15.9 Å². The van der Waals surface area contributed by atoms with E-state index in [1.54, 1.807) is 7.11 Å². The lowest BCUT2D eigenvalue weighted by Gasteiger charge is -2.03. The molecule has 0 unspecified atom stereocenters. The first-order valence-electron chi connectivity index (χ1n) is 4.71. The highest BCUT2D eigenvalue weighted by molar-refractivity contribution is 9.10. The molecular weight excluding hydrogens is 256 g/mol. The Bertz CT molecular complexity index is 479. The average molecular weight is 269 g/mol. The van der Waals surface area contributed by atoms with Gasteiger partial charge >= 0.3 is 0 Å². The lowest BCUT2D eigenvalue weighted by molar-refractivity contribution is 0.0867. The van der Waals surface area contributed by atoms with Gasteiger partial charge in [0.25, 0.3) is 0 Å². The SMILES string of the molecule is CONCc1ccc2c(Br)cn(C)c2c1. The summed E-state index contributed by atoms with van der Waals surface area (Å²) in [4.78, 5) is 4.83. The van der Waals surface area contributed by atoms with Crippen LogP contribution in [-0.2, 0) is 18.4 Å². The number of aromatic nitrogens is 1. The molecule has 0 aliphatic heterocycles. The third-order valence-electron chi connectivity index (χ3n) is 2.43. The van der Waals surface area contributed by atoms with E-state index in [0.29, 0.717) is 0 Å². The van der Waals surface area contributed by atoms with E-state index in [1.165, 1.54) is 16.5 Å². The molecule has 0 fully saturated rings. The van der Waals surface area contributed by atoms with Crippen LogP contribution in [-0.4, -0.2) is 11.7 Å². The highest BCUT2D eigenvalue weighted by Gasteiger charge is 2.04. The molecule has 0 bridgehead atoms. The van der Waals surface area contributed by atoms with Crippen molar-refractivity contribution in [2.24, 2.45) is 7.05 Å². The molecule has 0 aliphatic carbocycles. The maximum absolute atomic E-state index is 4.83. The van der Waals surface area contributed by atoms with E-state index in [1.807, 2.05) is 7.05 Å². The number of nitrogens with zero attached hydrogens (tertiary/aromatic N) is 1. The van der Waals surface area contributed by atoms with E-state index in [-0.39, 0.29) is 0 Å². The first-order valence-corrected chi connectivity index (χ1v) is 5.51. The van der Waals surface area contributed by atoms with Crippen LogP contribution in [0.2, 0.25) is 0 Å². The summed E-state index contributed by atoms with van der Waals surface area (Å²) < 4.78 is 3.24. The summed E-state index contributed by atoms with van der Waals surface area (Å²) in [5, 5.41) is 1.23. The number of hydrogen-bond acceptors (Lipinski definition) is 2. The Labute approximate surface area is 97.1 Å². The van der Waals surface area contributed by atoms with Gasteiger partial charge in [-0.3, -0.25) is 0 Å². The minimum atomic E-state index is 0.717. The summed E-state index contributed by atoms with van der Waals surface area (Å²) in [5.41, 5.74) is 5.26. The summed E-state index contributed by atoms with van der Waals surface area (Å²) in [7, 11) is 3.66. The molecule has 0 saturated carbocycles. The van der Waals surface area contributed by atoms with Crippen molar-refractivity contribution in [3.8, 4) is 0 Å². The summed E-state index contributed by atoms with van der Waals surface area (Å²) in [6, 6.07) is 6.37. The number of benzene rings is 1. The van der Waals surface area contributed by atoms with E-state index in [0.717, 1.165) is 11.0 Å². The van der Waals surface area contributed by atoms with Crippen LogP contribution in [0.15, 0.2) is 28.9 Å². The van der Waals surface area contributed by atoms with Gasteiger partial charge in [-0.25, -0.2) is 0 Å². The lowest BCUT2D eigenvalue weighted by Crippen LogP contribution is -2.10. The zero-order chi connectivity index (χ0) is 10.8. The normalized spacial score (nSPS) is 11.1. The number of nitrogens with one attached hydrogen (secondary N) is 1. The maximum atomic E-state index is 4.83. The molecule has 0 saturated heterocycles. The van der Waals surface area contributed by atoms with Crippen molar-refractivity contribution in [1.82, 2.24) is 10.0 Å². The molecule has 1 aromatic carbocycles. The Kier molecular flexibility index (Phi) is 3.09. The fourth-order valence-electron chi connectivity index (χ4n) is 1.65. The molecule has 1 aromatic heterocycles. The molecular formula is C11H13BrN2O. The first kappa shape index (κ1) is 10.7. The Morgan fingerprint density at radius 3 is 3.00 bits per heavy atom. The average Bonchev–Trinajstić information content (AvgIpc) is 2.52. The van der Waals surface area contributed by atoms with Gasteiger partial charge in [0.05, 0.1) is 7.11 Å². The van der Waals surface area contributed by atoms with E-state index >= 15 is 0 Å². The Hall–Kier alpha value is -0.840. The second-order valence-corrected chi connectivity index (χ2v) is 4.32. The van der Waals surface area contributed by atoms with Gasteiger partial charge in [0.15, 0.2) is 0 Å². The van der Waals surface area contributed by atoms with Gasteiger partial charge in [-0.15, -0.1) is 0 Å². The number of halogens is 1. The highest BCUT2D eigenvalue weighted by Crippen LogP contribution is 2.26. The predicted octanol–water partition coefficient (Wildman–Crippen LogP) is 2.59. The van der Waals surface area contributed by atoms with E-state index in [4.69, 9.17) is 4.84 Å². The number of hydrogen-bond donors (Lipinski definition) is 1. The number of aryl methyl sites for hydroxylation is 1. The van der Waals surface area contributed by atoms with Gasteiger partial charge in [-0.05, 0) is 27.6 Å². The van der Waals surface area contributed by atoms with Crippen LogP contribution < -0.4 is 5.48 Å². The van der Waals surface area contributed by atoms with Crippen molar-refractivity contribution < 1.29 is 4.84 Å². The van der Waals surface area contributed by atoms with E-state index in [9.17, 15) is 0 Å². The van der Waals surface area contributed by atoms with Gasteiger partial charge in [0.1, 0.15) is 0 Å². The van der Waals surface area contributed by atoms with Gasteiger partial charge < -0.3 is 9.40 Å². The third-order valence-corrected chi connectivity index (χ3v) is 3.06. The van der Waals surface area contributed by atoms with Crippen molar-refractivity contribution in [2.75, 3.05) is 7.11 Å². The third kappa shape index (κ3) is 2.07. The summed E-state index contributed by atoms with van der Waals surface area (Å²) in [6.07, 6.45) is 2.07. The highest BCUT2D eigenvalue weighted by atomic mass is 79.9. The smallest absolute Gasteiger partial charge is 0.0572 e. The quantitative estimate of drug-likeness (QED) is 0.867. The van der Waals surface area contributed by atoms with E-state index < -0.39 is 0 Å². The number of hydroxylamine groups is 1. The molecule has 0 amide bonds. The molecule has 0 atom stereocenters. The Morgan fingerprint density at radius 2 is 2.27 bits per heavy atom. The minimum Gasteiger partial charge on any atom is -0.349 e. The minimum absolute atomic E-state index is 0.717. The fraction of sp³-hybridized carbons (Fsp3) is 0.273. The maximum Gasteiger partial charge on any atom is 0.0572 e. The molecule has 80 valence electrons. The molecule has 2 aromatic rings. The summed E-state index contributed by atoms with van der Waals surface area (Å²) >= 11 is 3.53. The molecule has 0 radical (unpaired) electrons. The number of rotatable bonds is 3. The van der Waals surface area contributed by atoms with Crippen molar-refractivity contribution in [3.63, 3.8) is 0 Å². The number of fused-ring (bicyclic) bond motifs is 1. The van der Waals surface area contributed by atoms with Gasteiger partial charge in [-0.1, -0.05) is 12.1 Å². The molecule has 0 spiro atoms. The Morgan fingerprint density at radius 1 is 1.47 bits per heavy atom. The van der Waals surface area contributed by atoms with E-state index in [2.05, 4.69) is 50.4 Å². The molecule has 1 N–H and O–H groups in total. The van der Waals surface area contributed by atoms with Crippen LogP contribution in [0.3, 0.4) is 0 Å². The van der Waals surface area contributed by atoms with Gasteiger partial charge in [0, 0.05) is 35.2 Å². The lowest BCUT2D eigenvalue weighted by atomic mass is 10.2. The summed E-state index contributed by atoms with van der Waals surface area (Å²) in [5.74, 6) is 0. The standard InChI is InChI=1S/C11H13BrN2O/c1-14-7-10(12)9-4-3-8(5-11(9)14)6-13-15-2/h3-5,7,13H,6H2,1-2H3. The first-order chi connectivity index (χ1) is 7.22. The van der Waals surface area contributed by atoms with Crippen LogP contribution in [0.25, 0.3) is 10.9 Å². The van der Waals surface area contributed by atoms with Crippen molar-refractivity contribution in [2.45, 2.75) is 6.54 Å². The van der Waals surface area contributed by atoms with Gasteiger partial charge in [-0.2, -0.15) is 5.48 Å². The van der Waals surface area contributed by atoms with Gasteiger partial charge in [0.2, 0.25) is 0 Å². The molecule has 15 heavy (non-hydrogen) atoms. The monoisotopic (exact) mass is 268 g/mol. The molecule has 0 aliphatic rings. The zero-order valence-electron chi connectivity index (χ0n) is 8.75. The van der Waals surface area contributed by atoms with Crippen LogP contribution in [0.5, 0.6) is 0 Å². The van der Waals surface area contributed by atoms with Crippen LogP contribution in [0.1, 0.15) is 5.56 Å². The second kappa shape index (κ2) is 4.35. The Balaban J connectivity index is 2.41. The molecule has 1 heterocycles. The van der Waals surface area contributed by atoms with Crippen molar-refractivity contribution >= 4 is 26.8 Å². The van der Waals surface area contributed by atoms with Crippen molar-refractivity contribution in [1.29, 1.82) is 0 Å². The van der Waals surface area contributed by atoms with Crippen LogP contribution in [0, 0.1) is 0 Å². The van der Waals surface area contributed by atoms with Crippen molar-refractivity contribution in [3.05, 3.63) is 34.4 Å². The fourth-order valence-corrected chi connectivity index (χ4v) is 2.29. The second-order valence-electron chi connectivity index (χ2n) is 3.46. The largest absolute Gasteiger partial charge is 0.349 e. The summed E-state index contributed by atoms with van der Waals surface area (Å²) in [6.45, 7) is 0.717. The molecule has 2 rings (SSSR count). The zero-order valence-corrected chi connectivity index (χ0v) is 10.3. The topological polar surface area (TPSA) is 26.2 Å². The molecule has 3 nitrogen and oxygen atoms in total. The molecule has 4 heteroatoms. The van der Waals surface area contributed by atoms with Crippen LogP contribution in [0.4, 0.5) is 0 Å². The predicted molar refractivity (Wildman–Crippen MR) is 64.5 cm³/mol.